The Morgan fingerprint density at radius 2 is 1.83 bits per heavy atom. The van der Waals surface area contributed by atoms with Crippen molar-refractivity contribution in [1.29, 1.82) is 0 Å². The zero-order valence-electron chi connectivity index (χ0n) is 13.9. The monoisotopic (exact) mass is 334 g/mol. The molecular weight excluding hydrogens is 310 g/mol. The average Bonchev–Trinajstić information content (AvgIpc) is 2.63. The van der Waals surface area contributed by atoms with Gasteiger partial charge in [0.2, 0.25) is 0 Å². The van der Waals surface area contributed by atoms with E-state index in [1.807, 2.05) is 0 Å². The maximum atomic E-state index is 13.3. The Labute approximate surface area is 141 Å². The molecule has 0 N–H and O–H groups in total. The zero-order valence-corrected chi connectivity index (χ0v) is 13.9. The molecule has 0 aromatic heterocycles. The first-order valence-corrected chi connectivity index (χ1v) is 8.78. The maximum Gasteiger partial charge on any atom is 0.254 e. The molecule has 0 atom stereocenters. The lowest BCUT2D eigenvalue weighted by Crippen LogP contribution is -2.48. The van der Waals surface area contributed by atoms with E-state index >= 15 is 0 Å². The van der Waals surface area contributed by atoms with Gasteiger partial charge in [-0.05, 0) is 50.3 Å². The quantitative estimate of drug-likeness (QED) is 0.785. The molecule has 0 spiro atoms. The number of nitrogens with zero attached hydrogens (tertiary/aromatic N) is 2. The molecule has 0 bridgehead atoms. The number of allylic oxidation sites excluding steroid dienone is 1. The lowest BCUT2D eigenvalue weighted by molar-refractivity contribution is 0.0637. The molecule has 3 nitrogen and oxygen atoms in total. The van der Waals surface area contributed by atoms with Crippen LogP contribution in [0.25, 0.3) is 0 Å². The lowest BCUT2D eigenvalue weighted by atomic mass is 9.97. The van der Waals surface area contributed by atoms with Gasteiger partial charge in [-0.25, -0.2) is 8.78 Å². The molecule has 24 heavy (non-hydrogen) atoms. The van der Waals surface area contributed by atoms with E-state index in [1.165, 1.54) is 31.7 Å². The molecule has 1 aromatic carbocycles. The Kier molecular flexibility index (Phi) is 5.61. The van der Waals surface area contributed by atoms with Crippen LogP contribution in [0.3, 0.4) is 0 Å². The van der Waals surface area contributed by atoms with Crippen molar-refractivity contribution in [1.82, 2.24) is 9.80 Å². The standard InChI is InChI=1S/C19H24F2N2O/c20-17-7-6-16(14-18(17)21)19(24)23-12-10-22(11-13-23)9-8-15-4-2-1-3-5-15/h4,6-7,14H,1-3,5,8-13H2. The Balaban J connectivity index is 1.48. The largest absolute Gasteiger partial charge is 0.336 e. The van der Waals surface area contributed by atoms with E-state index < -0.39 is 11.6 Å². The van der Waals surface area contributed by atoms with E-state index in [1.54, 1.807) is 10.5 Å². The molecule has 1 aromatic rings. The fourth-order valence-corrected chi connectivity index (χ4v) is 3.42. The number of piperazine rings is 1. The highest BCUT2D eigenvalue weighted by atomic mass is 19.2. The van der Waals surface area contributed by atoms with Crippen molar-refractivity contribution in [3.63, 3.8) is 0 Å². The molecule has 130 valence electrons. The van der Waals surface area contributed by atoms with Gasteiger partial charge in [-0.15, -0.1) is 0 Å². The van der Waals surface area contributed by atoms with Gasteiger partial charge < -0.3 is 4.90 Å². The number of halogens is 2. The Morgan fingerprint density at radius 3 is 2.50 bits per heavy atom. The predicted molar refractivity (Wildman–Crippen MR) is 89.9 cm³/mol. The lowest BCUT2D eigenvalue weighted by Gasteiger charge is -2.35. The molecular formula is C19H24F2N2O. The van der Waals surface area contributed by atoms with E-state index in [9.17, 15) is 13.6 Å². The van der Waals surface area contributed by atoms with Gasteiger partial charge in [0.15, 0.2) is 11.6 Å². The van der Waals surface area contributed by atoms with E-state index in [-0.39, 0.29) is 11.5 Å². The summed E-state index contributed by atoms with van der Waals surface area (Å²) in [5.41, 5.74) is 1.79. The van der Waals surface area contributed by atoms with Gasteiger partial charge in [0.25, 0.3) is 5.91 Å². The second-order valence-electron chi connectivity index (χ2n) is 6.62. The van der Waals surface area contributed by atoms with Crippen molar-refractivity contribution in [2.75, 3.05) is 32.7 Å². The number of benzene rings is 1. The van der Waals surface area contributed by atoms with Crippen LogP contribution in [-0.2, 0) is 0 Å². The SMILES string of the molecule is O=C(c1ccc(F)c(F)c1)N1CCN(CCC2=CCCCC2)CC1. The summed E-state index contributed by atoms with van der Waals surface area (Å²) in [5.74, 6) is -2.11. The molecule has 1 aliphatic heterocycles. The van der Waals surface area contributed by atoms with E-state index in [4.69, 9.17) is 0 Å². The predicted octanol–water partition coefficient (Wildman–Crippen LogP) is 3.61. The summed E-state index contributed by atoms with van der Waals surface area (Å²) < 4.78 is 26.3. The molecule has 1 saturated heterocycles. The molecule has 1 aliphatic carbocycles. The minimum Gasteiger partial charge on any atom is -0.336 e. The van der Waals surface area contributed by atoms with Crippen LogP contribution in [0.5, 0.6) is 0 Å². The summed E-state index contributed by atoms with van der Waals surface area (Å²) in [6.07, 6.45) is 8.57. The third-order valence-electron chi connectivity index (χ3n) is 4.96. The van der Waals surface area contributed by atoms with Gasteiger partial charge in [-0.3, -0.25) is 9.69 Å². The Hall–Kier alpha value is -1.75. The zero-order chi connectivity index (χ0) is 16.9. The summed E-state index contributed by atoms with van der Waals surface area (Å²) in [6.45, 7) is 3.98. The van der Waals surface area contributed by atoms with Crippen LogP contribution in [0, 0.1) is 11.6 Å². The molecule has 1 amide bonds. The van der Waals surface area contributed by atoms with Gasteiger partial charge >= 0.3 is 0 Å². The summed E-state index contributed by atoms with van der Waals surface area (Å²) in [7, 11) is 0. The summed E-state index contributed by atoms with van der Waals surface area (Å²) in [4.78, 5) is 16.5. The molecule has 2 aliphatic rings. The molecule has 1 fully saturated rings. The number of carbonyl (C=O) groups is 1. The molecule has 1 heterocycles. The third-order valence-corrected chi connectivity index (χ3v) is 4.96. The first-order valence-electron chi connectivity index (χ1n) is 8.78. The number of carbonyl (C=O) groups excluding carboxylic acids is 1. The molecule has 5 heteroatoms. The van der Waals surface area contributed by atoms with Crippen molar-refractivity contribution in [2.24, 2.45) is 0 Å². The van der Waals surface area contributed by atoms with E-state index in [2.05, 4.69) is 11.0 Å². The fraction of sp³-hybridized carbons (Fsp3) is 0.526. The summed E-state index contributed by atoms with van der Waals surface area (Å²) in [5, 5.41) is 0. The van der Waals surface area contributed by atoms with Crippen molar-refractivity contribution in [3.05, 3.63) is 47.0 Å². The second-order valence-corrected chi connectivity index (χ2v) is 6.62. The second kappa shape index (κ2) is 7.88. The van der Waals surface area contributed by atoms with Gasteiger partial charge in [0.05, 0.1) is 0 Å². The van der Waals surface area contributed by atoms with Gasteiger partial charge in [0, 0.05) is 38.3 Å². The first kappa shape index (κ1) is 17.1. The third kappa shape index (κ3) is 4.20. The van der Waals surface area contributed by atoms with Crippen LogP contribution in [-0.4, -0.2) is 48.4 Å². The van der Waals surface area contributed by atoms with Gasteiger partial charge in [0.1, 0.15) is 0 Å². The molecule has 0 unspecified atom stereocenters. The highest BCUT2D eigenvalue weighted by Crippen LogP contribution is 2.20. The van der Waals surface area contributed by atoms with Gasteiger partial charge in [-0.2, -0.15) is 0 Å². The fourth-order valence-electron chi connectivity index (χ4n) is 3.42. The van der Waals surface area contributed by atoms with E-state index in [0.29, 0.717) is 13.1 Å². The summed E-state index contributed by atoms with van der Waals surface area (Å²) in [6, 6.07) is 3.35. The Morgan fingerprint density at radius 1 is 1.04 bits per heavy atom. The number of rotatable bonds is 4. The summed E-state index contributed by atoms with van der Waals surface area (Å²) >= 11 is 0. The van der Waals surface area contributed by atoms with Crippen LogP contribution in [0.15, 0.2) is 29.8 Å². The first-order chi connectivity index (χ1) is 11.6. The van der Waals surface area contributed by atoms with Crippen LogP contribution >= 0.6 is 0 Å². The van der Waals surface area contributed by atoms with Crippen LogP contribution in [0.4, 0.5) is 8.78 Å². The number of hydrogen-bond donors (Lipinski definition) is 0. The van der Waals surface area contributed by atoms with Crippen LogP contribution in [0.2, 0.25) is 0 Å². The van der Waals surface area contributed by atoms with Crippen molar-refractivity contribution < 1.29 is 13.6 Å². The number of hydrogen-bond acceptors (Lipinski definition) is 2. The average molecular weight is 334 g/mol. The van der Waals surface area contributed by atoms with Gasteiger partial charge in [-0.1, -0.05) is 11.6 Å². The minimum atomic E-state index is -0.972. The molecule has 0 saturated carbocycles. The topological polar surface area (TPSA) is 23.6 Å². The van der Waals surface area contributed by atoms with Crippen molar-refractivity contribution in [2.45, 2.75) is 32.1 Å². The molecule has 0 radical (unpaired) electrons. The van der Waals surface area contributed by atoms with Crippen molar-refractivity contribution in [3.8, 4) is 0 Å². The highest BCUT2D eigenvalue weighted by Gasteiger charge is 2.22. The van der Waals surface area contributed by atoms with E-state index in [0.717, 1.165) is 38.2 Å². The molecule has 3 rings (SSSR count). The van der Waals surface area contributed by atoms with Crippen LogP contribution < -0.4 is 0 Å². The Bertz CT molecular complexity index is 622. The smallest absolute Gasteiger partial charge is 0.254 e. The van der Waals surface area contributed by atoms with Crippen LogP contribution in [0.1, 0.15) is 42.5 Å². The van der Waals surface area contributed by atoms with Crippen molar-refractivity contribution >= 4 is 5.91 Å². The minimum absolute atomic E-state index is 0.217. The maximum absolute atomic E-state index is 13.3. The normalized spacial score (nSPS) is 19.2. The number of amides is 1. The highest BCUT2D eigenvalue weighted by molar-refractivity contribution is 5.94.